The van der Waals surface area contributed by atoms with E-state index in [1.807, 2.05) is 25.1 Å². The maximum atomic E-state index is 9.95. The third-order valence-corrected chi connectivity index (χ3v) is 3.32. The minimum absolute atomic E-state index is 0.120. The number of ether oxygens (including phenoxy) is 1. The van der Waals surface area contributed by atoms with Crippen molar-refractivity contribution in [1.29, 1.82) is 0 Å². The summed E-state index contributed by atoms with van der Waals surface area (Å²) in [5.41, 5.74) is 7.44. The van der Waals surface area contributed by atoms with Gasteiger partial charge in [-0.15, -0.1) is 0 Å². The number of benzene rings is 1. The monoisotopic (exact) mass is 250 g/mol. The Morgan fingerprint density at radius 2 is 2.11 bits per heavy atom. The van der Waals surface area contributed by atoms with Gasteiger partial charge in [0.05, 0.1) is 18.8 Å². The lowest BCUT2D eigenvalue weighted by atomic mass is 9.92. The summed E-state index contributed by atoms with van der Waals surface area (Å²) in [5.74, 6) is 0.769. The Labute approximate surface area is 108 Å². The van der Waals surface area contributed by atoms with Crippen molar-refractivity contribution in [2.24, 2.45) is 0 Å². The topological polar surface area (TPSA) is 67.5 Å². The van der Waals surface area contributed by atoms with Crippen molar-refractivity contribution in [3.8, 4) is 5.75 Å². The number of aliphatic hydroxyl groups is 1. The third kappa shape index (κ3) is 3.29. The first-order valence-corrected chi connectivity index (χ1v) is 6.67. The molecule has 1 aromatic rings. The van der Waals surface area contributed by atoms with Gasteiger partial charge in [0.25, 0.3) is 0 Å². The van der Waals surface area contributed by atoms with Crippen molar-refractivity contribution < 1.29 is 9.84 Å². The van der Waals surface area contributed by atoms with Crippen LogP contribution in [0.4, 0.5) is 11.4 Å². The molecule has 0 radical (unpaired) electrons. The van der Waals surface area contributed by atoms with Gasteiger partial charge in [0.1, 0.15) is 5.75 Å². The maximum absolute atomic E-state index is 9.95. The van der Waals surface area contributed by atoms with Gasteiger partial charge in [-0.25, -0.2) is 0 Å². The molecule has 2 rings (SSSR count). The van der Waals surface area contributed by atoms with E-state index in [-0.39, 0.29) is 12.1 Å². The van der Waals surface area contributed by atoms with Gasteiger partial charge >= 0.3 is 0 Å². The average molecular weight is 250 g/mol. The number of nitrogen functional groups attached to an aromatic ring is 1. The SMILES string of the molecule is CCOc1cc(N)cc(NC2CCCCC2O)c1. The van der Waals surface area contributed by atoms with Gasteiger partial charge in [-0.1, -0.05) is 12.8 Å². The van der Waals surface area contributed by atoms with Crippen LogP contribution in [-0.2, 0) is 0 Å². The zero-order valence-corrected chi connectivity index (χ0v) is 10.9. The molecule has 0 saturated heterocycles. The van der Waals surface area contributed by atoms with Crippen LogP contribution in [0, 0.1) is 0 Å². The van der Waals surface area contributed by atoms with Crippen LogP contribution in [0.2, 0.25) is 0 Å². The van der Waals surface area contributed by atoms with Crippen LogP contribution >= 0.6 is 0 Å². The second kappa shape index (κ2) is 5.96. The Kier molecular flexibility index (Phi) is 4.31. The molecular formula is C14H22N2O2. The van der Waals surface area contributed by atoms with Gasteiger partial charge in [0.2, 0.25) is 0 Å². The molecule has 2 unspecified atom stereocenters. The van der Waals surface area contributed by atoms with Gasteiger partial charge in [-0.2, -0.15) is 0 Å². The molecule has 0 aliphatic heterocycles. The Balaban J connectivity index is 2.07. The first-order chi connectivity index (χ1) is 8.69. The van der Waals surface area contributed by atoms with Crippen LogP contribution in [0.5, 0.6) is 5.75 Å². The molecule has 100 valence electrons. The average Bonchev–Trinajstić information content (AvgIpc) is 2.32. The molecular weight excluding hydrogens is 228 g/mol. The summed E-state index contributed by atoms with van der Waals surface area (Å²) in [5, 5.41) is 13.3. The lowest BCUT2D eigenvalue weighted by Crippen LogP contribution is -2.36. The lowest BCUT2D eigenvalue weighted by Gasteiger charge is -2.29. The fourth-order valence-corrected chi connectivity index (χ4v) is 2.45. The van der Waals surface area contributed by atoms with Crippen LogP contribution in [0.25, 0.3) is 0 Å². The summed E-state index contributed by atoms with van der Waals surface area (Å²) in [6, 6.07) is 5.74. The number of hydrogen-bond acceptors (Lipinski definition) is 4. The van der Waals surface area contributed by atoms with Crippen LogP contribution < -0.4 is 15.8 Å². The summed E-state index contributed by atoms with van der Waals surface area (Å²) < 4.78 is 5.46. The van der Waals surface area contributed by atoms with E-state index >= 15 is 0 Å². The fourth-order valence-electron chi connectivity index (χ4n) is 2.45. The molecule has 0 bridgehead atoms. The second-order valence-corrected chi connectivity index (χ2v) is 4.83. The van der Waals surface area contributed by atoms with Crippen LogP contribution in [-0.4, -0.2) is 23.9 Å². The van der Waals surface area contributed by atoms with Gasteiger partial charge in [-0.05, 0) is 25.8 Å². The molecule has 0 spiro atoms. The van der Waals surface area contributed by atoms with Crippen molar-refractivity contribution in [3.05, 3.63) is 18.2 Å². The summed E-state index contributed by atoms with van der Waals surface area (Å²) in [4.78, 5) is 0. The number of anilines is 2. The second-order valence-electron chi connectivity index (χ2n) is 4.83. The predicted molar refractivity (Wildman–Crippen MR) is 73.9 cm³/mol. The molecule has 18 heavy (non-hydrogen) atoms. The van der Waals surface area contributed by atoms with Crippen LogP contribution in [0.3, 0.4) is 0 Å². The Bertz CT molecular complexity index is 395. The van der Waals surface area contributed by atoms with E-state index in [1.54, 1.807) is 0 Å². The maximum Gasteiger partial charge on any atom is 0.123 e. The van der Waals surface area contributed by atoms with Crippen LogP contribution in [0.15, 0.2) is 18.2 Å². The summed E-state index contributed by atoms with van der Waals surface area (Å²) in [7, 11) is 0. The van der Waals surface area contributed by atoms with Crippen molar-refractivity contribution in [1.82, 2.24) is 0 Å². The highest BCUT2D eigenvalue weighted by atomic mass is 16.5. The molecule has 1 saturated carbocycles. The van der Waals surface area contributed by atoms with Crippen molar-refractivity contribution in [2.75, 3.05) is 17.7 Å². The minimum Gasteiger partial charge on any atom is -0.494 e. The van der Waals surface area contributed by atoms with Crippen LogP contribution in [0.1, 0.15) is 32.6 Å². The Hall–Kier alpha value is -1.42. The Morgan fingerprint density at radius 3 is 2.83 bits per heavy atom. The predicted octanol–water partition coefficient (Wildman–Crippen LogP) is 2.38. The standard InChI is InChI=1S/C14H22N2O2/c1-2-18-12-8-10(15)7-11(9-12)16-13-5-3-4-6-14(13)17/h7-9,13-14,16-17H,2-6,15H2,1H3. The smallest absolute Gasteiger partial charge is 0.123 e. The molecule has 0 aromatic heterocycles. The van der Waals surface area contributed by atoms with Gasteiger partial charge in [0.15, 0.2) is 0 Å². The molecule has 1 aromatic carbocycles. The Morgan fingerprint density at radius 1 is 1.33 bits per heavy atom. The zero-order chi connectivity index (χ0) is 13.0. The number of nitrogens with one attached hydrogen (secondary N) is 1. The van der Waals surface area contributed by atoms with Gasteiger partial charge in [-0.3, -0.25) is 0 Å². The first-order valence-electron chi connectivity index (χ1n) is 6.67. The molecule has 1 aliphatic carbocycles. The summed E-state index contributed by atoms with van der Waals surface area (Å²) >= 11 is 0. The molecule has 4 nitrogen and oxygen atoms in total. The quantitative estimate of drug-likeness (QED) is 0.718. The summed E-state index contributed by atoms with van der Waals surface area (Å²) in [6.07, 6.45) is 3.88. The number of aliphatic hydroxyl groups excluding tert-OH is 1. The molecule has 2 atom stereocenters. The van der Waals surface area contributed by atoms with E-state index in [9.17, 15) is 5.11 Å². The van der Waals surface area contributed by atoms with Crippen molar-refractivity contribution in [3.63, 3.8) is 0 Å². The van der Waals surface area contributed by atoms with E-state index < -0.39 is 0 Å². The van der Waals surface area contributed by atoms with Gasteiger partial charge < -0.3 is 20.9 Å². The fraction of sp³-hybridized carbons (Fsp3) is 0.571. The zero-order valence-electron chi connectivity index (χ0n) is 10.9. The molecule has 0 amide bonds. The highest BCUT2D eigenvalue weighted by Gasteiger charge is 2.22. The number of nitrogens with two attached hydrogens (primary N) is 1. The molecule has 4 heteroatoms. The van der Waals surface area contributed by atoms with E-state index in [0.717, 1.165) is 37.1 Å². The molecule has 1 aliphatic rings. The van der Waals surface area contributed by atoms with E-state index in [1.165, 1.54) is 0 Å². The van der Waals surface area contributed by atoms with E-state index in [2.05, 4.69) is 5.32 Å². The minimum atomic E-state index is -0.268. The first kappa shape index (κ1) is 13.0. The van der Waals surface area contributed by atoms with Crippen molar-refractivity contribution in [2.45, 2.75) is 44.8 Å². The highest BCUT2D eigenvalue weighted by molar-refractivity contribution is 5.59. The van der Waals surface area contributed by atoms with Crippen molar-refractivity contribution >= 4 is 11.4 Å². The van der Waals surface area contributed by atoms with E-state index in [0.29, 0.717) is 12.3 Å². The molecule has 0 heterocycles. The third-order valence-electron chi connectivity index (χ3n) is 3.32. The lowest BCUT2D eigenvalue weighted by molar-refractivity contribution is 0.116. The molecule has 4 N–H and O–H groups in total. The largest absolute Gasteiger partial charge is 0.494 e. The number of rotatable bonds is 4. The summed E-state index contributed by atoms with van der Waals surface area (Å²) in [6.45, 7) is 2.57. The highest BCUT2D eigenvalue weighted by Crippen LogP contribution is 2.26. The number of hydrogen-bond donors (Lipinski definition) is 3. The normalized spacial score (nSPS) is 23.7. The van der Waals surface area contributed by atoms with Gasteiger partial charge in [0, 0.05) is 23.5 Å². The molecule has 1 fully saturated rings. The van der Waals surface area contributed by atoms with E-state index in [4.69, 9.17) is 10.5 Å².